The normalized spacial score (nSPS) is 13.3. The van der Waals surface area contributed by atoms with Crippen molar-refractivity contribution in [2.45, 2.75) is 19.5 Å². The molecule has 0 saturated carbocycles. The van der Waals surface area contributed by atoms with Crippen molar-refractivity contribution in [1.82, 2.24) is 15.2 Å². The zero-order chi connectivity index (χ0) is 20.9. The van der Waals surface area contributed by atoms with E-state index in [-0.39, 0.29) is 24.0 Å². The molecule has 1 N–H and O–H groups in total. The minimum absolute atomic E-state index is 0. The van der Waals surface area contributed by atoms with Crippen LogP contribution in [0.15, 0.2) is 58.1 Å². The molecule has 0 spiro atoms. The fourth-order valence-corrected chi connectivity index (χ4v) is 3.67. The summed E-state index contributed by atoms with van der Waals surface area (Å²) in [5.74, 6) is 2.97. The number of aromatic nitrogens is 1. The van der Waals surface area contributed by atoms with Crippen molar-refractivity contribution in [3.8, 4) is 23.0 Å². The van der Waals surface area contributed by atoms with E-state index in [4.69, 9.17) is 13.9 Å². The van der Waals surface area contributed by atoms with E-state index < -0.39 is 0 Å². The second kappa shape index (κ2) is 10.5. The number of benzene rings is 2. The number of hydrogen-bond donors (Lipinski definition) is 1. The lowest BCUT2D eigenvalue weighted by Crippen LogP contribution is -2.43. The van der Waals surface area contributed by atoms with Crippen LogP contribution < -0.4 is 14.8 Å². The van der Waals surface area contributed by atoms with E-state index in [9.17, 15) is 0 Å². The predicted octanol–water partition coefficient (Wildman–Crippen LogP) is 4.11. The molecule has 164 valence electrons. The van der Waals surface area contributed by atoms with Gasteiger partial charge in [-0.15, -0.1) is 24.0 Å². The Balaban J connectivity index is 0.00000272. The lowest BCUT2D eigenvalue weighted by Gasteiger charge is -2.32. The van der Waals surface area contributed by atoms with Crippen molar-refractivity contribution in [3.05, 3.63) is 65.5 Å². The van der Waals surface area contributed by atoms with Gasteiger partial charge in [-0.05, 0) is 41.8 Å². The van der Waals surface area contributed by atoms with E-state index in [1.807, 2.05) is 30.3 Å². The van der Waals surface area contributed by atoms with E-state index >= 15 is 0 Å². The molecule has 1 aromatic heterocycles. The smallest absolute Gasteiger partial charge is 0.226 e. The first kappa shape index (κ1) is 22.9. The summed E-state index contributed by atoms with van der Waals surface area (Å²) in [6.45, 7) is 2.16. The second-order valence-electron chi connectivity index (χ2n) is 7.06. The maximum atomic E-state index is 5.63. The molecule has 3 aromatic rings. The fraction of sp³-hybridized carbons (Fsp3) is 0.304. The molecular weight excluding hydrogens is 507 g/mol. The van der Waals surface area contributed by atoms with Crippen LogP contribution in [0.1, 0.15) is 16.8 Å². The molecule has 8 heteroatoms. The van der Waals surface area contributed by atoms with Gasteiger partial charge in [0.15, 0.2) is 17.5 Å². The summed E-state index contributed by atoms with van der Waals surface area (Å²) >= 11 is 0. The molecule has 0 fully saturated rings. The number of nitrogens with one attached hydrogen (secondary N) is 1. The van der Waals surface area contributed by atoms with Crippen molar-refractivity contribution in [2.24, 2.45) is 4.99 Å². The van der Waals surface area contributed by atoms with Crippen molar-refractivity contribution in [1.29, 1.82) is 0 Å². The Bertz CT molecular complexity index is 1040. The summed E-state index contributed by atoms with van der Waals surface area (Å²) in [5, 5.41) is 3.40. The number of guanidine groups is 1. The number of hydrogen-bond acceptors (Lipinski definition) is 5. The summed E-state index contributed by atoms with van der Waals surface area (Å²) in [7, 11) is 5.12. The standard InChI is InChI=1S/C23H26N4O3.HI/c1-24-23(25-13-19-15-30-22(26-19)16-7-5-4-6-8-16)27-10-9-17-11-20(28-2)21(29-3)12-18(17)14-27;/h4-8,11-12,15H,9-10,13-14H2,1-3H3,(H,24,25);1H. The topological polar surface area (TPSA) is 72.1 Å². The van der Waals surface area contributed by atoms with Gasteiger partial charge in [-0.1, -0.05) is 18.2 Å². The largest absolute Gasteiger partial charge is 0.493 e. The average molecular weight is 534 g/mol. The third-order valence-corrected chi connectivity index (χ3v) is 5.23. The molecular formula is C23H27IN4O3. The van der Waals surface area contributed by atoms with Gasteiger partial charge in [0.2, 0.25) is 5.89 Å². The van der Waals surface area contributed by atoms with Gasteiger partial charge in [0.05, 0.1) is 26.5 Å². The Morgan fingerprint density at radius 1 is 1.13 bits per heavy atom. The van der Waals surface area contributed by atoms with Gasteiger partial charge in [0, 0.05) is 25.7 Å². The van der Waals surface area contributed by atoms with Crippen molar-refractivity contribution >= 4 is 29.9 Å². The van der Waals surface area contributed by atoms with Crippen LogP contribution in [0.3, 0.4) is 0 Å². The first-order valence-electron chi connectivity index (χ1n) is 9.91. The summed E-state index contributed by atoms with van der Waals surface area (Å²) in [4.78, 5) is 11.3. The minimum atomic E-state index is 0. The highest BCUT2D eigenvalue weighted by Crippen LogP contribution is 2.33. The highest BCUT2D eigenvalue weighted by atomic mass is 127. The molecule has 0 unspecified atom stereocenters. The van der Waals surface area contributed by atoms with Crippen molar-refractivity contribution < 1.29 is 13.9 Å². The van der Waals surface area contributed by atoms with Crippen molar-refractivity contribution in [3.63, 3.8) is 0 Å². The van der Waals surface area contributed by atoms with Crippen LogP contribution in [0, 0.1) is 0 Å². The molecule has 2 heterocycles. The summed E-state index contributed by atoms with van der Waals surface area (Å²) in [6.07, 6.45) is 2.60. The number of nitrogens with zero attached hydrogens (tertiary/aromatic N) is 3. The minimum Gasteiger partial charge on any atom is -0.493 e. The molecule has 0 radical (unpaired) electrons. The monoisotopic (exact) mass is 534 g/mol. The molecule has 4 rings (SSSR count). The Kier molecular flexibility index (Phi) is 7.78. The quantitative estimate of drug-likeness (QED) is 0.302. The number of aliphatic imine (C=N–C) groups is 1. The third-order valence-electron chi connectivity index (χ3n) is 5.23. The van der Waals surface area contributed by atoms with Crippen molar-refractivity contribution in [2.75, 3.05) is 27.8 Å². The molecule has 31 heavy (non-hydrogen) atoms. The highest BCUT2D eigenvalue weighted by molar-refractivity contribution is 14.0. The van der Waals surface area contributed by atoms with Gasteiger partial charge in [0.1, 0.15) is 6.26 Å². The lowest BCUT2D eigenvalue weighted by atomic mass is 9.99. The SMILES string of the molecule is CN=C(NCc1coc(-c2ccccc2)n1)N1CCc2cc(OC)c(OC)cc2C1.I. The maximum Gasteiger partial charge on any atom is 0.226 e. The number of rotatable bonds is 5. The fourth-order valence-electron chi connectivity index (χ4n) is 3.67. The number of methoxy groups -OCH3 is 2. The Labute approximate surface area is 199 Å². The van der Waals surface area contributed by atoms with E-state index in [2.05, 4.69) is 32.3 Å². The molecule has 0 saturated heterocycles. The van der Waals surface area contributed by atoms with Crippen LogP contribution in [0.25, 0.3) is 11.5 Å². The highest BCUT2D eigenvalue weighted by Gasteiger charge is 2.22. The number of fused-ring (bicyclic) bond motifs is 1. The Morgan fingerprint density at radius 3 is 2.52 bits per heavy atom. The molecule has 0 bridgehead atoms. The van der Waals surface area contributed by atoms with Gasteiger partial charge in [-0.3, -0.25) is 4.99 Å². The van der Waals surface area contributed by atoms with Gasteiger partial charge in [-0.25, -0.2) is 4.98 Å². The molecule has 2 aromatic carbocycles. The molecule has 0 amide bonds. The predicted molar refractivity (Wildman–Crippen MR) is 131 cm³/mol. The van der Waals surface area contributed by atoms with Crippen LogP contribution in [-0.2, 0) is 19.5 Å². The first-order chi connectivity index (χ1) is 14.7. The number of oxazole rings is 1. The molecule has 0 aliphatic carbocycles. The van der Waals surface area contributed by atoms with Crippen LogP contribution in [0.2, 0.25) is 0 Å². The lowest BCUT2D eigenvalue weighted by molar-refractivity contribution is 0.346. The van der Waals surface area contributed by atoms with E-state index in [0.29, 0.717) is 12.4 Å². The maximum absolute atomic E-state index is 5.63. The molecule has 1 aliphatic rings. The number of ether oxygens (including phenoxy) is 2. The van der Waals surface area contributed by atoms with E-state index in [0.717, 1.165) is 48.2 Å². The van der Waals surface area contributed by atoms with Gasteiger partial charge in [-0.2, -0.15) is 0 Å². The van der Waals surface area contributed by atoms with E-state index in [1.54, 1.807) is 27.5 Å². The van der Waals surface area contributed by atoms with Gasteiger partial charge >= 0.3 is 0 Å². The van der Waals surface area contributed by atoms with Gasteiger partial charge < -0.3 is 24.1 Å². The zero-order valence-corrected chi connectivity index (χ0v) is 20.3. The summed E-state index contributed by atoms with van der Waals surface area (Å²) < 4.78 is 16.5. The molecule has 0 atom stereocenters. The molecule has 7 nitrogen and oxygen atoms in total. The van der Waals surface area contributed by atoms with E-state index in [1.165, 1.54) is 11.1 Å². The van der Waals surface area contributed by atoms with Gasteiger partial charge in [0.25, 0.3) is 0 Å². The second-order valence-corrected chi connectivity index (χ2v) is 7.06. The summed E-state index contributed by atoms with van der Waals surface area (Å²) in [5.41, 5.74) is 4.29. The molecule has 1 aliphatic heterocycles. The van der Waals surface area contributed by atoms with Crippen LogP contribution in [0.5, 0.6) is 11.5 Å². The van der Waals surface area contributed by atoms with Crippen LogP contribution in [0.4, 0.5) is 0 Å². The average Bonchev–Trinajstić information content (AvgIpc) is 3.28. The Morgan fingerprint density at radius 2 is 1.84 bits per heavy atom. The Hall–Kier alpha value is -2.75. The van der Waals surface area contributed by atoms with Crippen LogP contribution in [-0.4, -0.2) is 43.7 Å². The summed E-state index contributed by atoms with van der Waals surface area (Å²) in [6, 6.07) is 14.0. The first-order valence-corrected chi connectivity index (χ1v) is 9.91. The zero-order valence-electron chi connectivity index (χ0n) is 17.9. The third kappa shape index (κ3) is 5.12. The number of halogens is 1. The van der Waals surface area contributed by atoms with Crippen LogP contribution >= 0.6 is 24.0 Å².